The summed E-state index contributed by atoms with van der Waals surface area (Å²) in [6.45, 7) is 1.67. The van der Waals surface area contributed by atoms with Crippen molar-refractivity contribution >= 4 is 33.4 Å². The van der Waals surface area contributed by atoms with Crippen LogP contribution in [0.2, 0.25) is 0 Å². The molecule has 1 N–H and O–H groups in total. The zero-order valence-corrected chi connectivity index (χ0v) is 14.4. The van der Waals surface area contributed by atoms with Gasteiger partial charge in [0.2, 0.25) is 5.91 Å². The molecule has 0 saturated heterocycles. The Bertz CT molecular complexity index is 748. The molecular formula is C17H15BrF2N2O2. The van der Waals surface area contributed by atoms with Crippen LogP contribution in [0, 0.1) is 11.6 Å². The molecule has 0 spiro atoms. The van der Waals surface area contributed by atoms with Crippen LogP contribution in [0.15, 0.2) is 46.9 Å². The van der Waals surface area contributed by atoms with Gasteiger partial charge in [-0.05, 0) is 47.1 Å². The average Bonchev–Trinajstić information content (AvgIpc) is 2.56. The Hall–Kier alpha value is -2.28. The Labute approximate surface area is 146 Å². The van der Waals surface area contributed by atoms with Gasteiger partial charge in [-0.3, -0.25) is 9.59 Å². The summed E-state index contributed by atoms with van der Waals surface area (Å²) in [4.78, 5) is 25.8. The van der Waals surface area contributed by atoms with E-state index in [0.29, 0.717) is 10.0 Å². The molecule has 2 rings (SSSR count). The Morgan fingerprint density at radius 2 is 1.71 bits per heavy atom. The second-order valence-corrected chi connectivity index (χ2v) is 5.80. The molecule has 0 fully saturated rings. The van der Waals surface area contributed by atoms with Crippen molar-refractivity contribution in [3.8, 4) is 0 Å². The summed E-state index contributed by atoms with van der Waals surface area (Å²) >= 11 is 3.29. The number of para-hydroxylation sites is 1. The predicted octanol–water partition coefficient (Wildman–Crippen LogP) is 3.83. The van der Waals surface area contributed by atoms with Crippen LogP contribution in [-0.4, -0.2) is 29.8 Å². The van der Waals surface area contributed by atoms with E-state index in [4.69, 9.17) is 0 Å². The number of halogens is 3. The molecule has 0 aromatic heterocycles. The fourth-order valence-corrected chi connectivity index (χ4v) is 2.56. The molecule has 0 saturated carbocycles. The fourth-order valence-electron chi connectivity index (χ4n) is 2.10. The van der Waals surface area contributed by atoms with E-state index in [1.54, 1.807) is 31.2 Å². The summed E-state index contributed by atoms with van der Waals surface area (Å²) in [6, 6.07) is 10.1. The van der Waals surface area contributed by atoms with Crippen molar-refractivity contribution in [1.82, 2.24) is 4.90 Å². The van der Waals surface area contributed by atoms with Crippen LogP contribution in [0.3, 0.4) is 0 Å². The van der Waals surface area contributed by atoms with Crippen LogP contribution in [-0.2, 0) is 4.79 Å². The van der Waals surface area contributed by atoms with Crippen LogP contribution in [0.5, 0.6) is 0 Å². The van der Waals surface area contributed by atoms with Gasteiger partial charge in [0.1, 0.15) is 23.9 Å². The largest absolute Gasteiger partial charge is 0.330 e. The minimum Gasteiger partial charge on any atom is -0.330 e. The lowest BCUT2D eigenvalue weighted by Gasteiger charge is -2.21. The van der Waals surface area contributed by atoms with Crippen molar-refractivity contribution < 1.29 is 18.4 Å². The second-order valence-electron chi connectivity index (χ2n) is 4.94. The van der Waals surface area contributed by atoms with Gasteiger partial charge in [0.05, 0.1) is 5.56 Å². The fraction of sp³-hybridized carbons (Fsp3) is 0.176. The lowest BCUT2D eigenvalue weighted by molar-refractivity contribution is -0.116. The molecule has 126 valence electrons. The molecule has 0 unspecified atom stereocenters. The topological polar surface area (TPSA) is 49.4 Å². The smallest absolute Gasteiger partial charge is 0.255 e. The van der Waals surface area contributed by atoms with Crippen LogP contribution < -0.4 is 5.32 Å². The summed E-state index contributed by atoms with van der Waals surface area (Å²) in [5.74, 6) is -2.78. The SMILES string of the molecule is CCN(CC(=O)Nc1c(F)cccc1F)C(=O)c1ccccc1Br. The normalized spacial score (nSPS) is 10.3. The van der Waals surface area contributed by atoms with Gasteiger partial charge in [-0.2, -0.15) is 0 Å². The Morgan fingerprint density at radius 1 is 1.08 bits per heavy atom. The third kappa shape index (κ3) is 4.17. The highest BCUT2D eigenvalue weighted by atomic mass is 79.9. The zero-order chi connectivity index (χ0) is 17.7. The van der Waals surface area contributed by atoms with E-state index in [9.17, 15) is 18.4 Å². The molecule has 4 nitrogen and oxygen atoms in total. The summed E-state index contributed by atoms with van der Waals surface area (Å²) in [6.07, 6.45) is 0. The number of anilines is 1. The Balaban J connectivity index is 2.11. The third-order valence-electron chi connectivity index (χ3n) is 3.33. The minimum atomic E-state index is -0.872. The molecule has 0 aliphatic rings. The van der Waals surface area contributed by atoms with E-state index in [1.807, 2.05) is 0 Å². The maximum absolute atomic E-state index is 13.6. The number of hydrogen-bond acceptors (Lipinski definition) is 2. The average molecular weight is 397 g/mol. The van der Waals surface area contributed by atoms with E-state index >= 15 is 0 Å². The monoisotopic (exact) mass is 396 g/mol. The van der Waals surface area contributed by atoms with Crippen molar-refractivity contribution in [3.63, 3.8) is 0 Å². The molecule has 0 radical (unpaired) electrons. The maximum Gasteiger partial charge on any atom is 0.255 e. The summed E-state index contributed by atoms with van der Waals surface area (Å²) < 4.78 is 27.7. The molecule has 2 aromatic carbocycles. The van der Waals surface area contributed by atoms with Gasteiger partial charge in [0.15, 0.2) is 0 Å². The van der Waals surface area contributed by atoms with Gasteiger partial charge in [-0.15, -0.1) is 0 Å². The number of carbonyl (C=O) groups is 2. The quantitative estimate of drug-likeness (QED) is 0.834. The Morgan fingerprint density at radius 3 is 2.29 bits per heavy atom. The van der Waals surface area contributed by atoms with Gasteiger partial charge in [0, 0.05) is 11.0 Å². The molecule has 2 amide bonds. The standard InChI is InChI=1S/C17H15BrF2N2O2/c1-2-22(17(24)11-6-3-4-7-12(11)18)10-15(23)21-16-13(19)8-5-9-14(16)20/h3-9H,2,10H2,1H3,(H,21,23). The Kier molecular flexibility index (Phi) is 6.03. The molecule has 0 bridgehead atoms. The molecule has 0 aliphatic carbocycles. The first-order chi connectivity index (χ1) is 11.4. The van der Waals surface area contributed by atoms with Crippen molar-refractivity contribution in [2.24, 2.45) is 0 Å². The van der Waals surface area contributed by atoms with Crippen molar-refractivity contribution in [3.05, 3.63) is 64.1 Å². The molecule has 24 heavy (non-hydrogen) atoms. The minimum absolute atomic E-state index is 0.271. The highest BCUT2D eigenvalue weighted by Crippen LogP contribution is 2.19. The van der Waals surface area contributed by atoms with Crippen LogP contribution >= 0.6 is 15.9 Å². The number of carbonyl (C=O) groups excluding carboxylic acids is 2. The number of nitrogens with one attached hydrogen (secondary N) is 1. The molecule has 2 aromatic rings. The first-order valence-electron chi connectivity index (χ1n) is 7.21. The van der Waals surface area contributed by atoms with Crippen molar-refractivity contribution in [2.75, 3.05) is 18.4 Å². The van der Waals surface area contributed by atoms with E-state index in [0.717, 1.165) is 12.1 Å². The molecule has 0 heterocycles. The van der Waals surface area contributed by atoms with Gasteiger partial charge < -0.3 is 10.2 Å². The number of likely N-dealkylation sites (N-methyl/N-ethyl adjacent to an activating group) is 1. The number of benzene rings is 2. The third-order valence-corrected chi connectivity index (χ3v) is 4.03. The number of hydrogen-bond donors (Lipinski definition) is 1. The van der Waals surface area contributed by atoms with E-state index in [1.165, 1.54) is 11.0 Å². The van der Waals surface area contributed by atoms with E-state index < -0.39 is 23.2 Å². The lowest BCUT2D eigenvalue weighted by Crippen LogP contribution is -2.38. The summed E-state index contributed by atoms with van der Waals surface area (Å²) in [5, 5.41) is 2.17. The van der Waals surface area contributed by atoms with E-state index in [2.05, 4.69) is 21.2 Å². The first-order valence-corrected chi connectivity index (χ1v) is 8.01. The lowest BCUT2D eigenvalue weighted by atomic mass is 10.2. The van der Waals surface area contributed by atoms with Crippen molar-refractivity contribution in [2.45, 2.75) is 6.92 Å². The van der Waals surface area contributed by atoms with Crippen LogP contribution in [0.4, 0.5) is 14.5 Å². The van der Waals surface area contributed by atoms with Crippen molar-refractivity contribution in [1.29, 1.82) is 0 Å². The van der Waals surface area contributed by atoms with Gasteiger partial charge in [-0.25, -0.2) is 8.78 Å². The van der Waals surface area contributed by atoms with Gasteiger partial charge >= 0.3 is 0 Å². The first kappa shape index (κ1) is 18.1. The molecule has 7 heteroatoms. The highest BCUT2D eigenvalue weighted by molar-refractivity contribution is 9.10. The van der Waals surface area contributed by atoms with Gasteiger partial charge in [0.25, 0.3) is 5.91 Å². The number of rotatable bonds is 5. The number of amides is 2. The zero-order valence-electron chi connectivity index (χ0n) is 12.9. The van der Waals surface area contributed by atoms with Gasteiger partial charge in [-0.1, -0.05) is 18.2 Å². The highest BCUT2D eigenvalue weighted by Gasteiger charge is 2.20. The second kappa shape index (κ2) is 8.01. The van der Waals surface area contributed by atoms with E-state index in [-0.39, 0.29) is 19.0 Å². The molecular weight excluding hydrogens is 382 g/mol. The summed E-state index contributed by atoms with van der Waals surface area (Å²) in [7, 11) is 0. The molecule has 0 aliphatic heterocycles. The van der Waals surface area contributed by atoms with Crippen LogP contribution in [0.25, 0.3) is 0 Å². The predicted molar refractivity (Wildman–Crippen MR) is 90.7 cm³/mol. The van der Waals surface area contributed by atoms with Crippen LogP contribution in [0.1, 0.15) is 17.3 Å². The number of nitrogens with zero attached hydrogens (tertiary/aromatic N) is 1. The summed E-state index contributed by atoms with van der Waals surface area (Å²) in [5.41, 5.74) is -0.115. The maximum atomic E-state index is 13.6. The molecule has 0 atom stereocenters.